The molecule has 31 heavy (non-hydrogen) atoms. The lowest BCUT2D eigenvalue weighted by atomic mass is 10.2. The summed E-state index contributed by atoms with van der Waals surface area (Å²) in [6.07, 6.45) is 4.77. The van der Waals surface area contributed by atoms with Crippen molar-refractivity contribution in [3.63, 3.8) is 0 Å². The van der Waals surface area contributed by atoms with E-state index in [0.29, 0.717) is 37.4 Å². The van der Waals surface area contributed by atoms with Gasteiger partial charge in [-0.2, -0.15) is 0 Å². The largest absolute Gasteiger partial charge is 0.497 e. The van der Waals surface area contributed by atoms with Crippen LogP contribution in [0.3, 0.4) is 0 Å². The van der Waals surface area contributed by atoms with E-state index < -0.39 is 0 Å². The number of nitrogens with one attached hydrogen (secondary N) is 3. The second-order valence-corrected chi connectivity index (χ2v) is 7.22. The molecule has 1 aliphatic heterocycles. The molecule has 1 aromatic carbocycles. The monoisotopic (exact) mass is 545 g/mol. The van der Waals surface area contributed by atoms with Gasteiger partial charge in [-0.3, -0.25) is 14.6 Å². The average molecular weight is 545 g/mol. The first-order valence-corrected chi connectivity index (χ1v) is 10.9. The molecule has 1 heterocycles. The van der Waals surface area contributed by atoms with Crippen LogP contribution in [-0.4, -0.2) is 69.1 Å². The summed E-state index contributed by atoms with van der Waals surface area (Å²) in [6.45, 7) is 6.08. The lowest BCUT2D eigenvalue weighted by molar-refractivity contribution is -0.130. The van der Waals surface area contributed by atoms with Crippen molar-refractivity contribution >= 4 is 41.8 Å². The number of ether oxygens (including phenoxy) is 1. The maximum absolute atomic E-state index is 12.2. The van der Waals surface area contributed by atoms with E-state index in [2.05, 4.69) is 20.9 Å². The van der Waals surface area contributed by atoms with Gasteiger partial charge in [-0.15, -0.1) is 24.0 Å². The Kier molecular flexibility index (Phi) is 13.7. The highest BCUT2D eigenvalue weighted by Crippen LogP contribution is 2.12. The quantitative estimate of drug-likeness (QED) is 0.182. The molecule has 0 saturated carbocycles. The number of amides is 2. The molecule has 1 saturated heterocycles. The van der Waals surface area contributed by atoms with Gasteiger partial charge in [0.05, 0.1) is 7.11 Å². The Bertz CT molecular complexity index is 714. The number of carbonyl (C=O) groups excluding carboxylic acids is 2. The number of hydrogen-bond donors (Lipinski definition) is 3. The predicted octanol–water partition coefficient (Wildman–Crippen LogP) is 2.39. The van der Waals surface area contributed by atoms with Crippen molar-refractivity contribution in [3.05, 3.63) is 29.8 Å². The summed E-state index contributed by atoms with van der Waals surface area (Å²) in [7, 11) is 1.58. The number of guanidine groups is 1. The number of methoxy groups -OCH3 is 1. The Morgan fingerprint density at radius 1 is 1.16 bits per heavy atom. The first-order valence-electron chi connectivity index (χ1n) is 10.9. The number of nitrogens with zero attached hydrogens (tertiary/aromatic N) is 2. The third-order valence-electron chi connectivity index (χ3n) is 4.91. The van der Waals surface area contributed by atoms with Crippen molar-refractivity contribution in [3.8, 4) is 5.75 Å². The molecule has 9 heteroatoms. The molecule has 0 radical (unpaired) electrons. The van der Waals surface area contributed by atoms with Gasteiger partial charge in [0.2, 0.25) is 5.91 Å². The molecule has 2 rings (SSSR count). The molecule has 1 aromatic rings. The number of carbonyl (C=O) groups is 2. The molecule has 0 aliphatic carbocycles. The zero-order chi connectivity index (χ0) is 21.6. The topological polar surface area (TPSA) is 95.1 Å². The van der Waals surface area contributed by atoms with E-state index in [9.17, 15) is 9.59 Å². The van der Waals surface area contributed by atoms with Gasteiger partial charge in [-0.05, 0) is 44.4 Å². The van der Waals surface area contributed by atoms with Crippen LogP contribution in [0.15, 0.2) is 29.3 Å². The van der Waals surface area contributed by atoms with Crippen LogP contribution < -0.4 is 20.7 Å². The lowest BCUT2D eigenvalue weighted by Crippen LogP contribution is -2.41. The SMILES string of the molecule is CCNC(=NCCCN1CCCCCC1=O)NCCNC(=O)c1cccc(OC)c1.I. The zero-order valence-corrected chi connectivity index (χ0v) is 20.9. The summed E-state index contributed by atoms with van der Waals surface area (Å²) in [5.74, 6) is 1.51. The van der Waals surface area contributed by atoms with Gasteiger partial charge in [0.15, 0.2) is 5.96 Å². The molecule has 0 aromatic heterocycles. The molecule has 0 atom stereocenters. The zero-order valence-electron chi connectivity index (χ0n) is 18.6. The van der Waals surface area contributed by atoms with Gasteiger partial charge < -0.3 is 25.6 Å². The van der Waals surface area contributed by atoms with Gasteiger partial charge in [0, 0.05) is 51.3 Å². The summed E-state index contributed by atoms with van der Waals surface area (Å²) in [4.78, 5) is 30.8. The fourth-order valence-electron chi connectivity index (χ4n) is 3.29. The number of likely N-dealkylation sites (tertiary alicyclic amines) is 1. The molecule has 8 nitrogen and oxygen atoms in total. The maximum Gasteiger partial charge on any atom is 0.251 e. The van der Waals surface area contributed by atoms with Crippen LogP contribution in [-0.2, 0) is 4.79 Å². The highest BCUT2D eigenvalue weighted by molar-refractivity contribution is 14.0. The number of benzene rings is 1. The molecule has 1 aliphatic rings. The standard InChI is InChI=1S/C22H35N5O3.HI/c1-3-23-22(25-12-8-16-27-15-6-4-5-11-20(27)28)26-14-13-24-21(29)18-9-7-10-19(17-18)30-2;/h7,9-10,17H,3-6,8,11-16H2,1-2H3,(H,24,29)(H2,23,25,26);1H. The van der Waals surface area contributed by atoms with Gasteiger partial charge in [-0.1, -0.05) is 12.5 Å². The number of aliphatic imine (C=N–C) groups is 1. The molecule has 3 N–H and O–H groups in total. The van der Waals surface area contributed by atoms with Gasteiger partial charge in [-0.25, -0.2) is 0 Å². The van der Waals surface area contributed by atoms with Crippen LogP contribution in [0.4, 0.5) is 0 Å². The predicted molar refractivity (Wildman–Crippen MR) is 134 cm³/mol. The molecule has 1 fully saturated rings. The van der Waals surface area contributed by atoms with Crippen LogP contribution in [0.1, 0.15) is 49.4 Å². The van der Waals surface area contributed by atoms with E-state index in [4.69, 9.17) is 4.74 Å². The van der Waals surface area contributed by atoms with E-state index in [0.717, 1.165) is 51.3 Å². The van der Waals surface area contributed by atoms with E-state index >= 15 is 0 Å². The molecule has 0 spiro atoms. The lowest BCUT2D eigenvalue weighted by Gasteiger charge is -2.20. The summed E-state index contributed by atoms with van der Waals surface area (Å²) in [6, 6.07) is 7.07. The number of rotatable bonds is 10. The number of halogens is 1. The first kappa shape index (κ1) is 27.0. The highest BCUT2D eigenvalue weighted by Gasteiger charge is 2.15. The van der Waals surface area contributed by atoms with E-state index in [1.165, 1.54) is 0 Å². The van der Waals surface area contributed by atoms with Crippen molar-refractivity contribution in [2.75, 3.05) is 46.4 Å². The molecule has 0 unspecified atom stereocenters. The summed E-state index contributed by atoms with van der Waals surface area (Å²) in [5.41, 5.74) is 0.568. The maximum atomic E-state index is 12.2. The molecule has 0 bridgehead atoms. The van der Waals surface area contributed by atoms with E-state index in [-0.39, 0.29) is 35.8 Å². The molecule has 174 valence electrons. The summed E-state index contributed by atoms with van der Waals surface area (Å²) >= 11 is 0. The Morgan fingerprint density at radius 2 is 1.97 bits per heavy atom. The Labute approximate surface area is 202 Å². The molecular weight excluding hydrogens is 509 g/mol. The van der Waals surface area contributed by atoms with Crippen LogP contribution in [0.25, 0.3) is 0 Å². The fraction of sp³-hybridized carbons (Fsp3) is 0.591. The van der Waals surface area contributed by atoms with Crippen LogP contribution >= 0.6 is 24.0 Å². The molecule has 2 amide bonds. The van der Waals surface area contributed by atoms with Gasteiger partial charge in [0.25, 0.3) is 5.91 Å². The van der Waals surface area contributed by atoms with Crippen molar-refractivity contribution in [1.82, 2.24) is 20.9 Å². The Balaban J connectivity index is 0.00000480. The third-order valence-corrected chi connectivity index (χ3v) is 4.91. The van der Waals surface area contributed by atoms with Crippen molar-refractivity contribution in [2.24, 2.45) is 4.99 Å². The van der Waals surface area contributed by atoms with Crippen LogP contribution in [0.5, 0.6) is 5.75 Å². The van der Waals surface area contributed by atoms with E-state index in [1.807, 2.05) is 11.8 Å². The third kappa shape index (κ3) is 10.2. The minimum Gasteiger partial charge on any atom is -0.497 e. The normalized spacial score (nSPS) is 14.3. The Hall–Kier alpha value is -2.04. The van der Waals surface area contributed by atoms with E-state index in [1.54, 1.807) is 31.4 Å². The Morgan fingerprint density at radius 3 is 2.74 bits per heavy atom. The fourth-order valence-corrected chi connectivity index (χ4v) is 3.29. The van der Waals surface area contributed by atoms with Gasteiger partial charge in [0.1, 0.15) is 5.75 Å². The van der Waals surface area contributed by atoms with Crippen molar-refractivity contribution in [1.29, 1.82) is 0 Å². The molecular formula is C22H36IN5O3. The first-order chi connectivity index (χ1) is 14.6. The van der Waals surface area contributed by atoms with Gasteiger partial charge >= 0.3 is 0 Å². The van der Waals surface area contributed by atoms with Crippen molar-refractivity contribution in [2.45, 2.75) is 39.0 Å². The summed E-state index contributed by atoms with van der Waals surface area (Å²) in [5, 5.41) is 9.31. The minimum absolute atomic E-state index is 0. The summed E-state index contributed by atoms with van der Waals surface area (Å²) < 4.78 is 5.15. The van der Waals surface area contributed by atoms with Crippen molar-refractivity contribution < 1.29 is 14.3 Å². The minimum atomic E-state index is -0.139. The highest BCUT2D eigenvalue weighted by atomic mass is 127. The second-order valence-electron chi connectivity index (χ2n) is 7.22. The average Bonchev–Trinajstić information content (AvgIpc) is 2.97. The second kappa shape index (κ2) is 15.7. The smallest absolute Gasteiger partial charge is 0.251 e. The number of hydrogen-bond acceptors (Lipinski definition) is 4. The van der Waals surface area contributed by atoms with Crippen LogP contribution in [0, 0.1) is 0 Å². The van der Waals surface area contributed by atoms with Crippen LogP contribution in [0.2, 0.25) is 0 Å².